The first kappa shape index (κ1) is 8.23. The average molecular weight is 175 g/mol. The molecular weight excluding hydrogens is 162 g/mol. The molecule has 2 aromatic heterocycles. The van der Waals surface area contributed by atoms with Gasteiger partial charge in [0.2, 0.25) is 0 Å². The van der Waals surface area contributed by atoms with E-state index in [1.54, 1.807) is 12.4 Å². The lowest BCUT2D eigenvalue weighted by Gasteiger charge is -2.06. The van der Waals surface area contributed by atoms with Gasteiger partial charge in [0.1, 0.15) is 0 Å². The fraction of sp³-hybridized carbons (Fsp3) is 0.400. The summed E-state index contributed by atoms with van der Waals surface area (Å²) in [6.07, 6.45) is 8.61. The van der Waals surface area contributed by atoms with Crippen molar-refractivity contribution in [2.24, 2.45) is 0 Å². The standard InChI is InChI=1S/C10H13N3/c1-3-8(2)9-6-12-10-7-11-4-5-13(9)10/h4-8H,3H2,1-2H3. The first-order chi connectivity index (χ1) is 6.33. The Kier molecular flexibility index (Phi) is 2.00. The molecule has 68 valence electrons. The number of fused-ring (bicyclic) bond motifs is 1. The smallest absolute Gasteiger partial charge is 0.155 e. The van der Waals surface area contributed by atoms with Gasteiger partial charge in [-0.3, -0.25) is 4.98 Å². The highest BCUT2D eigenvalue weighted by Crippen LogP contribution is 2.18. The zero-order valence-corrected chi connectivity index (χ0v) is 7.94. The quantitative estimate of drug-likeness (QED) is 0.700. The van der Waals surface area contributed by atoms with Gasteiger partial charge in [-0.1, -0.05) is 13.8 Å². The molecule has 0 bridgehead atoms. The Morgan fingerprint density at radius 3 is 3.08 bits per heavy atom. The second-order valence-corrected chi connectivity index (χ2v) is 3.30. The first-order valence-electron chi connectivity index (χ1n) is 4.60. The van der Waals surface area contributed by atoms with Gasteiger partial charge >= 0.3 is 0 Å². The van der Waals surface area contributed by atoms with Gasteiger partial charge in [-0.05, 0) is 12.3 Å². The summed E-state index contributed by atoms with van der Waals surface area (Å²) in [5.74, 6) is 0.553. The lowest BCUT2D eigenvalue weighted by atomic mass is 10.1. The largest absolute Gasteiger partial charge is 0.301 e. The van der Waals surface area contributed by atoms with E-state index in [0.29, 0.717) is 5.92 Å². The molecule has 13 heavy (non-hydrogen) atoms. The van der Waals surface area contributed by atoms with Crippen LogP contribution >= 0.6 is 0 Å². The van der Waals surface area contributed by atoms with Crippen molar-refractivity contribution in [2.75, 3.05) is 0 Å². The Labute approximate surface area is 77.4 Å². The summed E-state index contributed by atoms with van der Waals surface area (Å²) in [5.41, 5.74) is 2.19. The van der Waals surface area contributed by atoms with Crippen LogP contribution in [0.15, 0.2) is 24.8 Å². The monoisotopic (exact) mass is 175 g/mol. The van der Waals surface area contributed by atoms with E-state index in [2.05, 4.69) is 28.2 Å². The highest BCUT2D eigenvalue weighted by atomic mass is 15.0. The fourth-order valence-corrected chi connectivity index (χ4v) is 1.44. The van der Waals surface area contributed by atoms with E-state index >= 15 is 0 Å². The van der Waals surface area contributed by atoms with Crippen molar-refractivity contribution in [3.63, 3.8) is 0 Å². The van der Waals surface area contributed by atoms with Crippen LogP contribution in [0.4, 0.5) is 0 Å². The van der Waals surface area contributed by atoms with E-state index in [1.165, 1.54) is 5.69 Å². The molecule has 0 fully saturated rings. The molecule has 2 aromatic rings. The molecule has 3 heteroatoms. The van der Waals surface area contributed by atoms with E-state index in [-0.39, 0.29) is 0 Å². The molecule has 0 saturated carbocycles. The second kappa shape index (κ2) is 3.17. The molecule has 0 aliphatic rings. The normalized spacial score (nSPS) is 13.4. The topological polar surface area (TPSA) is 30.2 Å². The SMILES string of the molecule is CCC(C)c1cnc2cnccn12. The summed E-state index contributed by atoms with van der Waals surface area (Å²) >= 11 is 0. The maximum Gasteiger partial charge on any atom is 0.155 e. The molecule has 1 atom stereocenters. The Hall–Kier alpha value is -1.38. The minimum absolute atomic E-state index is 0.553. The summed E-state index contributed by atoms with van der Waals surface area (Å²) in [6, 6.07) is 0. The lowest BCUT2D eigenvalue weighted by Crippen LogP contribution is -1.96. The van der Waals surface area contributed by atoms with E-state index in [0.717, 1.165) is 12.1 Å². The Morgan fingerprint density at radius 2 is 2.31 bits per heavy atom. The summed E-state index contributed by atoms with van der Waals surface area (Å²) in [5, 5.41) is 0. The molecule has 2 heterocycles. The minimum Gasteiger partial charge on any atom is -0.301 e. The molecule has 2 rings (SSSR count). The fourth-order valence-electron chi connectivity index (χ4n) is 1.44. The minimum atomic E-state index is 0.553. The van der Waals surface area contributed by atoms with E-state index in [1.807, 2.05) is 12.4 Å². The van der Waals surface area contributed by atoms with Crippen molar-refractivity contribution in [1.29, 1.82) is 0 Å². The molecule has 0 N–H and O–H groups in total. The molecule has 0 amide bonds. The van der Waals surface area contributed by atoms with Crippen molar-refractivity contribution in [1.82, 2.24) is 14.4 Å². The molecular formula is C10H13N3. The van der Waals surface area contributed by atoms with Crippen molar-refractivity contribution in [2.45, 2.75) is 26.2 Å². The first-order valence-corrected chi connectivity index (χ1v) is 4.60. The van der Waals surface area contributed by atoms with Gasteiger partial charge in [-0.2, -0.15) is 0 Å². The van der Waals surface area contributed by atoms with Crippen molar-refractivity contribution in [3.8, 4) is 0 Å². The highest BCUT2D eigenvalue weighted by molar-refractivity contribution is 5.37. The lowest BCUT2D eigenvalue weighted by molar-refractivity contribution is 0.700. The predicted octanol–water partition coefficient (Wildman–Crippen LogP) is 2.24. The van der Waals surface area contributed by atoms with Gasteiger partial charge in [0.15, 0.2) is 5.65 Å². The van der Waals surface area contributed by atoms with Crippen LogP contribution in [-0.2, 0) is 0 Å². The summed E-state index contributed by atoms with van der Waals surface area (Å²) in [6.45, 7) is 4.40. The maximum atomic E-state index is 4.29. The average Bonchev–Trinajstić information content (AvgIpc) is 2.60. The van der Waals surface area contributed by atoms with Crippen LogP contribution in [0.25, 0.3) is 5.65 Å². The number of nitrogens with zero attached hydrogens (tertiary/aromatic N) is 3. The third-order valence-corrected chi connectivity index (χ3v) is 2.46. The number of aromatic nitrogens is 3. The molecule has 0 aliphatic carbocycles. The molecule has 0 radical (unpaired) electrons. The zero-order chi connectivity index (χ0) is 9.26. The van der Waals surface area contributed by atoms with E-state index < -0.39 is 0 Å². The Balaban J connectivity index is 2.57. The molecule has 0 aromatic carbocycles. The molecule has 0 saturated heterocycles. The molecule has 0 aliphatic heterocycles. The number of rotatable bonds is 2. The third-order valence-electron chi connectivity index (χ3n) is 2.46. The van der Waals surface area contributed by atoms with Gasteiger partial charge in [-0.15, -0.1) is 0 Å². The van der Waals surface area contributed by atoms with Crippen LogP contribution in [0, 0.1) is 0 Å². The van der Waals surface area contributed by atoms with Crippen molar-refractivity contribution < 1.29 is 0 Å². The number of hydrogen-bond acceptors (Lipinski definition) is 2. The third kappa shape index (κ3) is 1.30. The molecule has 3 nitrogen and oxygen atoms in total. The summed E-state index contributed by atoms with van der Waals surface area (Å²) in [7, 11) is 0. The second-order valence-electron chi connectivity index (χ2n) is 3.30. The van der Waals surface area contributed by atoms with Gasteiger partial charge in [0.25, 0.3) is 0 Å². The Bertz CT molecular complexity index is 405. The van der Waals surface area contributed by atoms with Crippen LogP contribution in [0.3, 0.4) is 0 Å². The van der Waals surface area contributed by atoms with Crippen LogP contribution in [0.2, 0.25) is 0 Å². The van der Waals surface area contributed by atoms with Gasteiger partial charge < -0.3 is 4.40 Å². The molecule has 0 spiro atoms. The van der Waals surface area contributed by atoms with Crippen LogP contribution in [-0.4, -0.2) is 14.4 Å². The summed E-state index contributed by atoms with van der Waals surface area (Å²) in [4.78, 5) is 8.32. The van der Waals surface area contributed by atoms with Crippen LogP contribution in [0.5, 0.6) is 0 Å². The Morgan fingerprint density at radius 1 is 1.46 bits per heavy atom. The van der Waals surface area contributed by atoms with Crippen LogP contribution in [0.1, 0.15) is 31.9 Å². The highest BCUT2D eigenvalue weighted by Gasteiger charge is 2.08. The van der Waals surface area contributed by atoms with Crippen molar-refractivity contribution in [3.05, 3.63) is 30.5 Å². The van der Waals surface area contributed by atoms with Crippen molar-refractivity contribution >= 4 is 5.65 Å². The number of hydrogen-bond donors (Lipinski definition) is 0. The van der Waals surface area contributed by atoms with E-state index in [9.17, 15) is 0 Å². The molecule has 1 unspecified atom stereocenters. The van der Waals surface area contributed by atoms with Crippen LogP contribution < -0.4 is 0 Å². The predicted molar refractivity (Wildman–Crippen MR) is 51.7 cm³/mol. The van der Waals surface area contributed by atoms with Gasteiger partial charge in [0.05, 0.1) is 6.20 Å². The maximum absolute atomic E-state index is 4.29. The van der Waals surface area contributed by atoms with Gasteiger partial charge in [0, 0.05) is 24.3 Å². The van der Waals surface area contributed by atoms with E-state index in [4.69, 9.17) is 0 Å². The zero-order valence-electron chi connectivity index (χ0n) is 7.94. The van der Waals surface area contributed by atoms with Gasteiger partial charge in [-0.25, -0.2) is 4.98 Å². The number of imidazole rings is 1. The summed E-state index contributed by atoms with van der Waals surface area (Å²) < 4.78 is 2.10.